The largest absolute Gasteiger partial charge is 0.316 e. The van der Waals surface area contributed by atoms with Crippen LogP contribution in [0.1, 0.15) is 52.0 Å². The lowest BCUT2D eigenvalue weighted by atomic mass is 9.75. The predicted octanol–water partition coefficient (Wildman–Crippen LogP) is 2.27. The van der Waals surface area contributed by atoms with Crippen LogP contribution in [0.4, 0.5) is 0 Å². The van der Waals surface area contributed by atoms with Crippen molar-refractivity contribution in [1.29, 1.82) is 0 Å². The second kappa shape index (κ2) is 5.05. The normalized spacial score (nSPS) is 30.5. The van der Waals surface area contributed by atoms with Crippen LogP contribution < -0.4 is 5.32 Å². The summed E-state index contributed by atoms with van der Waals surface area (Å²) < 4.78 is 2.03. The minimum Gasteiger partial charge on any atom is -0.316 e. The molecule has 5 nitrogen and oxygen atoms in total. The molecule has 19 heavy (non-hydrogen) atoms. The van der Waals surface area contributed by atoms with Gasteiger partial charge in [-0.2, -0.15) is 0 Å². The Bertz CT molecular complexity index is 440. The van der Waals surface area contributed by atoms with E-state index < -0.39 is 0 Å². The van der Waals surface area contributed by atoms with Crippen molar-refractivity contribution in [1.82, 2.24) is 25.5 Å². The fourth-order valence-corrected chi connectivity index (χ4v) is 4.54. The van der Waals surface area contributed by atoms with E-state index in [0.29, 0.717) is 22.7 Å². The molecule has 0 aliphatic heterocycles. The lowest BCUT2D eigenvalue weighted by Crippen LogP contribution is -2.43. The van der Waals surface area contributed by atoms with Gasteiger partial charge in [-0.1, -0.05) is 25.6 Å². The molecule has 106 valence electrons. The zero-order valence-electron chi connectivity index (χ0n) is 12.0. The molecule has 2 unspecified atom stereocenters. The van der Waals surface area contributed by atoms with Gasteiger partial charge in [-0.3, -0.25) is 0 Å². The molecular weight excluding hydrogens is 258 g/mol. The molecule has 6 heteroatoms. The minimum atomic E-state index is 0.433. The molecule has 2 atom stereocenters. The van der Waals surface area contributed by atoms with Crippen LogP contribution >= 0.6 is 11.8 Å². The Balaban J connectivity index is 1.73. The summed E-state index contributed by atoms with van der Waals surface area (Å²) in [5.41, 5.74) is 0.433. The summed E-state index contributed by atoms with van der Waals surface area (Å²) in [6.07, 6.45) is 6.21. The van der Waals surface area contributed by atoms with E-state index in [4.69, 9.17) is 0 Å². The molecule has 2 fully saturated rings. The van der Waals surface area contributed by atoms with E-state index in [1.165, 1.54) is 32.1 Å². The van der Waals surface area contributed by atoms with Gasteiger partial charge in [-0.05, 0) is 55.0 Å². The topological polar surface area (TPSA) is 55.6 Å². The predicted molar refractivity (Wildman–Crippen MR) is 76.2 cm³/mol. The van der Waals surface area contributed by atoms with Crippen molar-refractivity contribution in [2.75, 3.05) is 7.05 Å². The second-order valence-electron chi connectivity index (χ2n) is 6.60. The summed E-state index contributed by atoms with van der Waals surface area (Å²) in [4.78, 5) is 0. The molecule has 0 aromatic carbocycles. The number of aromatic nitrogens is 4. The Morgan fingerprint density at radius 1 is 1.32 bits per heavy atom. The molecule has 1 aromatic heterocycles. The maximum absolute atomic E-state index is 4.23. The van der Waals surface area contributed by atoms with Crippen LogP contribution in [0.3, 0.4) is 0 Å². The van der Waals surface area contributed by atoms with E-state index in [2.05, 4.69) is 41.7 Å². The highest BCUT2D eigenvalue weighted by atomic mass is 32.2. The van der Waals surface area contributed by atoms with E-state index in [-0.39, 0.29) is 0 Å². The van der Waals surface area contributed by atoms with Gasteiger partial charge >= 0.3 is 0 Å². The van der Waals surface area contributed by atoms with Crippen LogP contribution in [0.15, 0.2) is 5.16 Å². The number of thioether (sulfide) groups is 1. The zero-order valence-corrected chi connectivity index (χ0v) is 12.8. The number of rotatable bonds is 4. The average molecular weight is 281 g/mol. The molecule has 3 rings (SSSR count). The molecular formula is C13H23N5S. The Labute approximate surface area is 118 Å². The standard InChI is InChI=1S/C13H23N5S/c1-13(2)7-6-10(14-3)11(8-13)19-12-15-16-17-18(12)9-4-5-9/h9-11,14H,4-8H2,1-3H3. The molecule has 1 heterocycles. The molecule has 0 saturated heterocycles. The third-order valence-electron chi connectivity index (χ3n) is 4.32. The lowest BCUT2D eigenvalue weighted by Gasteiger charge is -2.40. The molecule has 2 saturated carbocycles. The first-order valence-corrected chi connectivity index (χ1v) is 8.09. The summed E-state index contributed by atoms with van der Waals surface area (Å²) in [6.45, 7) is 4.74. The van der Waals surface area contributed by atoms with Crippen LogP contribution in [-0.4, -0.2) is 38.5 Å². The van der Waals surface area contributed by atoms with Gasteiger partial charge in [0.1, 0.15) is 0 Å². The second-order valence-corrected chi connectivity index (χ2v) is 7.80. The fourth-order valence-electron chi connectivity index (χ4n) is 2.92. The van der Waals surface area contributed by atoms with Crippen LogP contribution in [-0.2, 0) is 0 Å². The average Bonchev–Trinajstić information content (AvgIpc) is 3.10. The highest BCUT2D eigenvalue weighted by Gasteiger charge is 2.37. The van der Waals surface area contributed by atoms with Crippen molar-refractivity contribution < 1.29 is 0 Å². The number of tetrazole rings is 1. The van der Waals surface area contributed by atoms with Gasteiger partial charge in [0.2, 0.25) is 5.16 Å². The maximum atomic E-state index is 4.23. The highest BCUT2D eigenvalue weighted by Crippen LogP contribution is 2.43. The third kappa shape index (κ3) is 2.94. The Morgan fingerprint density at radius 2 is 2.11 bits per heavy atom. The summed E-state index contributed by atoms with van der Waals surface area (Å²) in [5, 5.41) is 17.3. The van der Waals surface area contributed by atoms with E-state index >= 15 is 0 Å². The van der Waals surface area contributed by atoms with Crippen molar-refractivity contribution in [3.05, 3.63) is 0 Å². The van der Waals surface area contributed by atoms with Crippen LogP contribution in [0, 0.1) is 5.41 Å². The molecule has 0 amide bonds. The maximum Gasteiger partial charge on any atom is 0.209 e. The number of hydrogen-bond donors (Lipinski definition) is 1. The number of nitrogens with one attached hydrogen (secondary N) is 1. The van der Waals surface area contributed by atoms with Gasteiger partial charge in [0, 0.05) is 11.3 Å². The first kappa shape index (κ1) is 13.4. The van der Waals surface area contributed by atoms with Gasteiger partial charge in [0.05, 0.1) is 6.04 Å². The van der Waals surface area contributed by atoms with Crippen molar-refractivity contribution in [2.24, 2.45) is 5.41 Å². The quantitative estimate of drug-likeness (QED) is 0.917. The molecule has 0 bridgehead atoms. The first-order valence-electron chi connectivity index (χ1n) is 7.21. The van der Waals surface area contributed by atoms with Crippen molar-refractivity contribution >= 4 is 11.8 Å². The van der Waals surface area contributed by atoms with Gasteiger partial charge in [-0.25, -0.2) is 4.68 Å². The van der Waals surface area contributed by atoms with Crippen LogP contribution in [0.2, 0.25) is 0 Å². The summed E-state index contributed by atoms with van der Waals surface area (Å²) in [6, 6.07) is 1.13. The summed E-state index contributed by atoms with van der Waals surface area (Å²) >= 11 is 1.87. The van der Waals surface area contributed by atoms with E-state index in [0.717, 1.165) is 5.16 Å². The molecule has 2 aliphatic carbocycles. The molecule has 0 radical (unpaired) electrons. The van der Waals surface area contributed by atoms with Crippen molar-refractivity contribution in [3.63, 3.8) is 0 Å². The lowest BCUT2D eigenvalue weighted by molar-refractivity contribution is 0.218. The summed E-state index contributed by atoms with van der Waals surface area (Å²) in [5.74, 6) is 0. The zero-order chi connectivity index (χ0) is 13.5. The van der Waals surface area contributed by atoms with E-state index in [9.17, 15) is 0 Å². The van der Waals surface area contributed by atoms with Crippen molar-refractivity contribution in [2.45, 2.75) is 68.4 Å². The smallest absolute Gasteiger partial charge is 0.209 e. The van der Waals surface area contributed by atoms with Gasteiger partial charge < -0.3 is 5.32 Å². The Hall–Kier alpha value is -0.620. The molecule has 0 spiro atoms. The monoisotopic (exact) mass is 281 g/mol. The van der Waals surface area contributed by atoms with Gasteiger partial charge in [0.25, 0.3) is 0 Å². The Morgan fingerprint density at radius 3 is 2.79 bits per heavy atom. The van der Waals surface area contributed by atoms with E-state index in [1.807, 2.05) is 16.4 Å². The number of hydrogen-bond acceptors (Lipinski definition) is 5. The summed E-state index contributed by atoms with van der Waals surface area (Å²) in [7, 11) is 2.07. The molecule has 1 aromatic rings. The highest BCUT2D eigenvalue weighted by molar-refractivity contribution is 7.99. The van der Waals surface area contributed by atoms with E-state index in [1.54, 1.807) is 0 Å². The number of nitrogens with zero attached hydrogens (tertiary/aromatic N) is 4. The van der Waals surface area contributed by atoms with Crippen LogP contribution in [0.5, 0.6) is 0 Å². The third-order valence-corrected chi connectivity index (χ3v) is 5.60. The van der Waals surface area contributed by atoms with Gasteiger partial charge in [-0.15, -0.1) is 5.10 Å². The SMILES string of the molecule is CNC1CCC(C)(C)CC1Sc1nnnn1C1CC1. The Kier molecular flexibility index (Phi) is 3.55. The van der Waals surface area contributed by atoms with Crippen LogP contribution in [0.25, 0.3) is 0 Å². The minimum absolute atomic E-state index is 0.433. The van der Waals surface area contributed by atoms with Crippen molar-refractivity contribution in [3.8, 4) is 0 Å². The molecule has 1 N–H and O–H groups in total. The fraction of sp³-hybridized carbons (Fsp3) is 0.923. The molecule has 2 aliphatic rings. The first-order chi connectivity index (χ1) is 9.09. The van der Waals surface area contributed by atoms with Gasteiger partial charge in [0.15, 0.2) is 0 Å².